The lowest BCUT2D eigenvalue weighted by molar-refractivity contribution is 0.407. The minimum atomic E-state index is -0.431. The van der Waals surface area contributed by atoms with Crippen LogP contribution in [-0.2, 0) is 6.54 Å². The van der Waals surface area contributed by atoms with E-state index in [1.165, 1.54) is 17.0 Å². The maximum Gasteiger partial charge on any atom is 0.254 e. The van der Waals surface area contributed by atoms with Crippen molar-refractivity contribution in [1.82, 2.24) is 9.55 Å². The predicted octanol–water partition coefficient (Wildman–Crippen LogP) is 1.84. The van der Waals surface area contributed by atoms with E-state index < -0.39 is 5.41 Å². The third kappa shape index (κ3) is 3.37. The van der Waals surface area contributed by atoms with Crippen LogP contribution in [0.1, 0.15) is 20.3 Å². The normalized spacial score (nSPS) is 11.1. The summed E-state index contributed by atoms with van der Waals surface area (Å²) in [5.41, 5.74) is -0.622. The molecule has 0 bridgehead atoms. The zero-order valence-corrected chi connectivity index (χ0v) is 9.45. The Morgan fingerprint density at radius 1 is 1.67 bits per heavy atom. The van der Waals surface area contributed by atoms with Crippen LogP contribution >= 0.6 is 11.6 Å². The first-order chi connectivity index (χ1) is 6.94. The van der Waals surface area contributed by atoms with Crippen molar-refractivity contribution in [3.63, 3.8) is 0 Å². The molecule has 0 N–H and O–H groups in total. The number of hydrogen-bond donors (Lipinski definition) is 0. The summed E-state index contributed by atoms with van der Waals surface area (Å²) in [4.78, 5) is 15.2. The maximum absolute atomic E-state index is 11.4. The third-order valence-corrected chi connectivity index (χ3v) is 2.33. The summed E-state index contributed by atoms with van der Waals surface area (Å²) >= 11 is 5.56. The van der Waals surface area contributed by atoms with Crippen molar-refractivity contribution < 1.29 is 0 Å². The fraction of sp³-hybridized carbons (Fsp3) is 0.500. The number of rotatable bonds is 3. The molecule has 5 heteroatoms. The van der Waals surface area contributed by atoms with Crippen LogP contribution in [-0.4, -0.2) is 9.55 Å². The quantitative estimate of drug-likeness (QED) is 0.738. The first-order valence-electron chi connectivity index (χ1n) is 4.58. The largest absolute Gasteiger partial charge is 0.299 e. The van der Waals surface area contributed by atoms with Crippen molar-refractivity contribution in [3.05, 3.63) is 27.9 Å². The van der Waals surface area contributed by atoms with Crippen LogP contribution in [0.5, 0.6) is 0 Å². The van der Waals surface area contributed by atoms with E-state index in [-0.39, 0.29) is 10.7 Å². The number of aromatic nitrogens is 2. The average Bonchev–Trinajstić information content (AvgIpc) is 2.16. The topological polar surface area (TPSA) is 58.7 Å². The second-order valence-corrected chi connectivity index (χ2v) is 4.38. The number of nitriles is 1. The molecule has 0 saturated heterocycles. The van der Waals surface area contributed by atoms with Crippen LogP contribution in [0.2, 0.25) is 5.15 Å². The van der Waals surface area contributed by atoms with Gasteiger partial charge in [-0.3, -0.25) is 9.36 Å². The molecule has 0 unspecified atom stereocenters. The smallest absolute Gasteiger partial charge is 0.254 e. The highest BCUT2D eigenvalue weighted by Gasteiger charge is 2.16. The lowest BCUT2D eigenvalue weighted by Gasteiger charge is -2.15. The molecule has 0 spiro atoms. The molecule has 4 nitrogen and oxygen atoms in total. The van der Waals surface area contributed by atoms with Gasteiger partial charge in [0.05, 0.1) is 17.8 Å². The molecule has 0 aliphatic heterocycles. The van der Waals surface area contributed by atoms with Gasteiger partial charge in [-0.05, 0) is 20.3 Å². The second-order valence-electron chi connectivity index (χ2n) is 3.99. The van der Waals surface area contributed by atoms with Crippen molar-refractivity contribution in [3.8, 4) is 6.07 Å². The van der Waals surface area contributed by atoms with E-state index in [4.69, 9.17) is 16.9 Å². The van der Waals surface area contributed by atoms with Crippen molar-refractivity contribution in [2.45, 2.75) is 26.8 Å². The summed E-state index contributed by atoms with van der Waals surface area (Å²) in [6.45, 7) is 4.15. The Morgan fingerprint density at radius 3 is 2.87 bits per heavy atom. The van der Waals surface area contributed by atoms with Gasteiger partial charge < -0.3 is 0 Å². The van der Waals surface area contributed by atoms with Gasteiger partial charge in [0.2, 0.25) is 0 Å². The van der Waals surface area contributed by atoms with E-state index in [0.29, 0.717) is 13.0 Å². The Kier molecular flexibility index (Phi) is 3.48. The average molecular weight is 226 g/mol. The minimum absolute atomic E-state index is 0.191. The number of halogens is 1. The molecule has 1 rings (SSSR count). The van der Waals surface area contributed by atoms with Gasteiger partial charge in [0, 0.05) is 12.6 Å². The van der Waals surface area contributed by atoms with Crippen molar-refractivity contribution in [1.29, 1.82) is 5.26 Å². The molecule has 1 heterocycles. The van der Waals surface area contributed by atoms with Crippen molar-refractivity contribution in [2.24, 2.45) is 5.41 Å². The molecular formula is C10H12ClN3O. The standard InChI is InChI=1S/C10H12ClN3O/c1-10(2,6-12)3-4-14-7-13-8(11)5-9(14)15/h5,7H,3-4H2,1-2H3. The molecule has 0 fully saturated rings. The fourth-order valence-electron chi connectivity index (χ4n) is 1.03. The van der Waals surface area contributed by atoms with E-state index in [1.807, 2.05) is 13.8 Å². The van der Waals surface area contributed by atoms with Gasteiger partial charge in [-0.1, -0.05) is 11.6 Å². The lowest BCUT2D eigenvalue weighted by Crippen LogP contribution is -2.22. The molecule has 0 aliphatic carbocycles. The number of nitrogens with zero attached hydrogens (tertiary/aromatic N) is 3. The molecule has 0 aliphatic rings. The second kappa shape index (κ2) is 4.45. The van der Waals surface area contributed by atoms with Crippen LogP contribution in [0.3, 0.4) is 0 Å². The van der Waals surface area contributed by atoms with Gasteiger partial charge in [-0.25, -0.2) is 4.98 Å². The molecule has 0 aromatic carbocycles. The Morgan fingerprint density at radius 2 is 2.33 bits per heavy atom. The predicted molar refractivity (Wildman–Crippen MR) is 57.5 cm³/mol. The van der Waals surface area contributed by atoms with Gasteiger partial charge in [-0.2, -0.15) is 5.26 Å². The van der Waals surface area contributed by atoms with E-state index in [0.717, 1.165) is 0 Å². The SMILES string of the molecule is CC(C)(C#N)CCn1cnc(Cl)cc1=O. The monoisotopic (exact) mass is 225 g/mol. The van der Waals surface area contributed by atoms with Crippen LogP contribution in [0.25, 0.3) is 0 Å². The molecule has 0 saturated carbocycles. The van der Waals surface area contributed by atoms with Crippen molar-refractivity contribution in [2.75, 3.05) is 0 Å². The Hall–Kier alpha value is -1.34. The van der Waals surface area contributed by atoms with E-state index in [2.05, 4.69) is 11.1 Å². The fourth-order valence-corrected chi connectivity index (χ4v) is 1.16. The molecule has 15 heavy (non-hydrogen) atoms. The van der Waals surface area contributed by atoms with Crippen LogP contribution < -0.4 is 5.56 Å². The summed E-state index contributed by atoms with van der Waals surface area (Å²) in [5, 5.41) is 9.00. The van der Waals surface area contributed by atoms with Gasteiger partial charge >= 0.3 is 0 Å². The lowest BCUT2D eigenvalue weighted by atomic mass is 9.91. The zero-order chi connectivity index (χ0) is 11.5. The molecule has 80 valence electrons. The summed E-state index contributed by atoms with van der Waals surface area (Å²) in [7, 11) is 0. The van der Waals surface area contributed by atoms with Crippen LogP contribution in [0, 0.1) is 16.7 Å². The maximum atomic E-state index is 11.4. The summed E-state index contributed by atoms with van der Waals surface area (Å²) in [6, 6.07) is 3.45. The number of aryl methyl sites for hydroxylation is 1. The first kappa shape index (κ1) is 11.7. The Labute approximate surface area is 93.1 Å². The van der Waals surface area contributed by atoms with E-state index in [1.54, 1.807) is 0 Å². The van der Waals surface area contributed by atoms with Gasteiger partial charge in [0.15, 0.2) is 0 Å². The minimum Gasteiger partial charge on any atom is -0.299 e. The zero-order valence-electron chi connectivity index (χ0n) is 8.70. The van der Waals surface area contributed by atoms with Crippen LogP contribution in [0.15, 0.2) is 17.2 Å². The first-order valence-corrected chi connectivity index (χ1v) is 4.96. The Balaban J connectivity index is 2.76. The van der Waals surface area contributed by atoms with E-state index in [9.17, 15) is 4.79 Å². The Bertz CT molecular complexity index is 445. The molecular weight excluding hydrogens is 214 g/mol. The molecule has 0 radical (unpaired) electrons. The highest BCUT2D eigenvalue weighted by molar-refractivity contribution is 6.29. The van der Waals surface area contributed by atoms with Gasteiger partial charge in [-0.15, -0.1) is 0 Å². The van der Waals surface area contributed by atoms with Gasteiger partial charge in [0.25, 0.3) is 5.56 Å². The molecule has 0 atom stereocenters. The van der Waals surface area contributed by atoms with E-state index >= 15 is 0 Å². The molecule has 1 aromatic heterocycles. The third-order valence-electron chi connectivity index (χ3n) is 2.13. The van der Waals surface area contributed by atoms with Gasteiger partial charge in [0.1, 0.15) is 5.15 Å². The summed E-state index contributed by atoms with van der Waals surface area (Å²) < 4.78 is 1.45. The number of hydrogen-bond acceptors (Lipinski definition) is 3. The molecule has 0 amide bonds. The summed E-state index contributed by atoms with van der Waals surface area (Å²) in [6.07, 6.45) is 2.00. The van der Waals surface area contributed by atoms with Crippen molar-refractivity contribution >= 4 is 11.6 Å². The summed E-state index contributed by atoms with van der Waals surface area (Å²) in [5.74, 6) is 0. The highest BCUT2D eigenvalue weighted by Crippen LogP contribution is 2.18. The highest BCUT2D eigenvalue weighted by atomic mass is 35.5. The molecule has 1 aromatic rings. The van der Waals surface area contributed by atoms with Crippen LogP contribution in [0.4, 0.5) is 0 Å².